The van der Waals surface area contributed by atoms with E-state index < -0.39 is 0 Å². The molecule has 1 N–H and O–H groups in total. The topological polar surface area (TPSA) is 46.9 Å². The van der Waals surface area contributed by atoms with Crippen LogP contribution < -0.4 is 5.32 Å². The molecule has 1 aromatic heterocycles. The van der Waals surface area contributed by atoms with Crippen LogP contribution in [0.4, 0.5) is 0 Å². The van der Waals surface area contributed by atoms with Crippen LogP contribution in [0.15, 0.2) is 6.20 Å². The van der Waals surface area contributed by atoms with E-state index in [4.69, 9.17) is 0 Å². The van der Waals surface area contributed by atoms with Gasteiger partial charge in [-0.1, -0.05) is 12.8 Å². The zero-order valence-electron chi connectivity index (χ0n) is 9.29. The molecule has 1 fully saturated rings. The maximum Gasteiger partial charge on any atom is 0.272 e. The summed E-state index contributed by atoms with van der Waals surface area (Å²) in [4.78, 5) is 11.8. The van der Waals surface area contributed by atoms with Gasteiger partial charge in [-0.3, -0.25) is 9.48 Å². The van der Waals surface area contributed by atoms with E-state index in [-0.39, 0.29) is 5.91 Å². The molecular weight excluding hydrogens is 190 g/mol. The highest BCUT2D eigenvalue weighted by Gasteiger charge is 2.20. The summed E-state index contributed by atoms with van der Waals surface area (Å²) in [7, 11) is 1.83. The van der Waals surface area contributed by atoms with Crippen molar-refractivity contribution in [3.05, 3.63) is 17.5 Å². The third-order valence-electron chi connectivity index (χ3n) is 2.92. The van der Waals surface area contributed by atoms with Crippen molar-refractivity contribution >= 4 is 5.91 Å². The molecule has 1 saturated carbocycles. The monoisotopic (exact) mass is 207 g/mol. The van der Waals surface area contributed by atoms with Crippen molar-refractivity contribution in [3.63, 3.8) is 0 Å². The number of hydrogen-bond donors (Lipinski definition) is 1. The van der Waals surface area contributed by atoms with Crippen LogP contribution in [-0.4, -0.2) is 21.7 Å². The van der Waals surface area contributed by atoms with Crippen molar-refractivity contribution < 1.29 is 4.79 Å². The largest absolute Gasteiger partial charge is 0.348 e. The quantitative estimate of drug-likeness (QED) is 0.796. The molecule has 2 rings (SSSR count). The molecule has 15 heavy (non-hydrogen) atoms. The minimum absolute atomic E-state index is 0.0278. The lowest BCUT2D eigenvalue weighted by atomic mass is 10.2. The van der Waals surface area contributed by atoms with Crippen LogP contribution in [0.25, 0.3) is 0 Å². The van der Waals surface area contributed by atoms with Gasteiger partial charge in [-0.2, -0.15) is 5.10 Å². The van der Waals surface area contributed by atoms with E-state index in [2.05, 4.69) is 10.4 Å². The van der Waals surface area contributed by atoms with Crippen LogP contribution in [0.5, 0.6) is 0 Å². The fraction of sp³-hybridized carbons (Fsp3) is 0.636. The number of carbonyl (C=O) groups excluding carboxylic acids is 1. The van der Waals surface area contributed by atoms with E-state index in [1.54, 1.807) is 4.68 Å². The smallest absolute Gasteiger partial charge is 0.272 e. The van der Waals surface area contributed by atoms with Crippen molar-refractivity contribution in [1.82, 2.24) is 15.1 Å². The van der Waals surface area contributed by atoms with Crippen molar-refractivity contribution in [2.45, 2.75) is 38.6 Å². The highest BCUT2D eigenvalue weighted by molar-refractivity contribution is 5.93. The summed E-state index contributed by atoms with van der Waals surface area (Å²) >= 11 is 0. The second kappa shape index (κ2) is 4.04. The van der Waals surface area contributed by atoms with E-state index in [9.17, 15) is 4.79 Å². The van der Waals surface area contributed by atoms with Crippen molar-refractivity contribution in [3.8, 4) is 0 Å². The minimum atomic E-state index is -0.0278. The first kappa shape index (κ1) is 10.2. The first-order chi connectivity index (χ1) is 7.16. The highest BCUT2D eigenvalue weighted by atomic mass is 16.2. The lowest BCUT2D eigenvalue weighted by molar-refractivity contribution is 0.0931. The SMILES string of the molecule is Cc1cn(C)nc1C(=O)NC1CCCC1. The molecule has 0 saturated heterocycles. The molecule has 0 aromatic carbocycles. The highest BCUT2D eigenvalue weighted by Crippen LogP contribution is 2.18. The molecule has 1 aromatic rings. The molecule has 0 spiro atoms. The average Bonchev–Trinajstić information content (AvgIpc) is 2.75. The van der Waals surface area contributed by atoms with E-state index in [1.165, 1.54) is 12.8 Å². The van der Waals surface area contributed by atoms with Crippen LogP contribution in [0.2, 0.25) is 0 Å². The molecule has 0 bridgehead atoms. The van der Waals surface area contributed by atoms with Gasteiger partial charge in [0.05, 0.1) is 0 Å². The second-order valence-electron chi connectivity index (χ2n) is 4.29. The molecule has 0 radical (unpaired) electrons. The molecule has 4 nitrogen and oxygen atoms in total. The Kier molecular flexibility index (Phi) is 2.75. The fourth-order valence-corrected chi connectivity index (χ4v) is 2.16. The van der Waals surface area contributed by atoms with Gasteiger partial charge in [-0.25, -0.2) is 0 Å². The zero-order chi connectivity index (χ0) is 10.8. The summed E-state index contributed by atoms with van der Waals surface area (Å²) < 4.78 is 1.68. The predicted molar refractivity (Wildman–Crippen MR) is 57.7 cm³/mol. The van der Waals surface area contributed by atoms with Crippen molar-refractivity contribution in [1.29, 1.82) is 0 Å². The summed E-state index contributed by atoms with van der Waals surface area (Å²) in [5, 5.41) is 7.19. The first-order valence-electron chi connectivity index (χ1n) is 5.48. The van der Waals surface area contributed by atoms with Gasteiger partial charge in [-0.05, 0) is 19.8 Å². The standard InChI is InChI=1S/C11H17N3O/c1-8-7-14(2)13-10(8)11(15)12-9-5-3-4-6-9/h7,9H,3-6H2,1-2H3,(H,12,15). The van der Waals surface area contributed by atoms with Crippen LogP contribution in [0.3, 0.4) is 0 Å². The summed E-state index contributed by atoms with van der Waals surface area (Å²) in [6.45, 7) is 1.91. The predicted octanol–water partition coefficient (Wildman–Crippen LogP) is 1.40. The summed E-state index contributed by atoms with van der Waals surface area (Å²) in [5.41, 5.74) is 1.50. The van der Waals surface area contributed by atoms with Crippen LogP contribution in [0.1, 0.15) is 41.7 Å². The van der Waals surface area contributed by atoms with E-state index in [1.807, 2.05) is 20.2 Å². The van der Waals surface area contributed by atoms with E-state index in [0.29, 0.717) is 11.7 Å². The minimum Gasteiger partial charge on any atom is -0.348 e. The molecule has 4 heteroatoms. The van der Waals surface area contributed by atoms with Gasteiger partial charge in [0.1, 0.15) is 0 Å². The van der Waals surface area contributed by atoms with Gasteiger partial charge in [-0.15, -0.1) is 0 Å². The molecule has 82 valence electrons. The summed E-state index contributed by atoms with van der Waals surface area (Å²) in [5.74, 6) is -0.0278. The number of rotatable bonds is 2. The Hall–Kier alpha value is -1.32. The number of amides is 1. The zero-order valence-corrected chi connectivity index (χ0v) is 9.29. The molecule has 1 aliphatic carbocycles. The average molecular weight is 207 g/mol. The summed E-state index contributed by atoms with van der Waals surface area (Å²) in [6, 6.07) is 0.360. The normalized spacial score (nSPS) is 16.9. The van der Waals surface area contributed by atoms with E-state index in [0.717, 1.165) is 18.4 Å². The molecule has 1 heterocycles. The van der Waals surface area contributed by atoms with Gasteiger partial charge in [0, 0.05) is 24.8 Å². The van der Waals surface area contributed by atoms with Gasteiger partial charge in [0.15, 0.2) is 5.69 Å². The molecule has 1 amide bonds. The van der Waals surface area contributed by atoms with Gasteiger partial charge in [0.25, 0.3) is 5.91 Å². The van der Waals surface area contributed by atoms with Crippen molar-refractivity contribution in [2.75, 3.05) is 0 Å². The van der Waals surface area contributed by atoms with Crippen molar-refractivity contribution in [2.24, 2.45) is 7.05 Å². The molecule has 0 aliphatic heterocycles. The van der Waals surface area contributed by atoms with Gasteiger partial charge >= 0.3 is 0 Å². The Morgan fingerprint density at radius 3 is 2.73 bits per heavy atom. The third-order valence-corrected chi connectivity index (χ3v) is 2.92. The fourth-order valence-electron chi connectivity index (χ4n) is 2.16. The number of nitrogens with zero attached hydrogens (tertiary/aromatic N) is 2. The van der Waals surface area contributed by atoms with Crippen LogP contribution in [-0.2, 0) is 7.05 Å². The Balaban J connectivity index is 2.03. The lowest BCUT2D eigenvalue weighted by Gasteiger charge is -2.10. The molecule has 1 aliphatic rings. The molecule has 0 unspecified atom stereocenters. The number of aromatic nitrogens is 2. The lowest BCUT2D eigenvalue weighted by Crippen LogP contribution is -2.33. The molecule has 0 atom stereocenters. The Labute approximate surface area is 89.7 Å². The van der Waals surface area contributed by atoms with Crippen LogP contribution >= 0.6 is 0 Å². The Morgan fingerprint density at radius 2 is 2.20 bits per heavy atom. The third kappa shape index (κ3) is 2.19. The molecular formula is C11H17N3O. The summed E-state index contributed by atoms with van der Waals surface area (Å²) in [6.07, 6.45) is 6.54. The maximum absolute atomic E-state index is 11.8. The number of hydrogen-bond acceptors (Lipinski definition) is 2. The van der Waals surface area contributed by atoms with E-state index >= 15 is 0 Å². The second-order valence-corrected chi connectivity index (χ2v) is 4.29. The van der Waals surface area contributed by atoms with Gasteiger partial charge < -0.3 is 5.32 Å². The number of carbonyl (C=O) groups is 1. The number of aryl methyl sites for hydroxylation is 2. The Bertz CT molecular complexity index is 364. The van der Waals surface area contributed by atoms with Gasteiger partial charge in [0.2, 0.25) is 0 Å². The number of nitrogens with one attached hydrogen (secondary N) is 1. The van der Waals surface area contributed by atoms with Crippen LogP contribution in [0, 0.1) is 6.92 Å². The Morgan fingerprint density at radius 1 is 1.53 bits per heavy atom. The maximum atomic E-state index is 11.8. The first-order valence-corrected chi connectivity index (χ1v) is 5.48.